The number of hydrogen-bond donors (Lipinski definition) is 1. The molecule has 0 aromatic heterocycles. The predicted octanol–water partition coefficient (Wildman–Crippen LogP) is 2.69. The number of rotatable bonds is 1. The second kappa shape index (κ2) is 5.41. The summed E-state index contributed by atoms with van der Waals surface area (Å²) in [5, 5.41) is 3.44. The van der Waals surface area contributed by atoms with Crippen LogP contribution in [-0.2, 0) is 0 Å². The van der Waals surface area contributed by atoms with Crippen molar-refractivity contribution in [1.29, 1.82) is 0 Å². The minimum atomic E-state index is -0.816. The van der Waals surface area contributed by atoms with E-state index in [1.165, 1.54) is 0 Å². The number of fused-ring (bicyclic) bond motifs is 2. The fourth-order valence-electron chi connectivity index (χ4n) is 3.03. The minimum Gasteiger partial charge on any atom is -0.337 e. The zero-order chi connectivity index (χ0) is 14.3. The second-order valence-corrected chi connectivity index (χ2v) is 6.34. The lowest BCUT2D eigenvalue weighted by molar-refractivity contribution is 0.0738. The number of carbonyl (C=O) groups excluding carboxylic acids is 1. The van der Waals surface area contributed by atoms with Crippen LogP contribution in [0.4, 0.5) is 8.78 Å². The van der Waals surface area contributed by atoms with Crippen LogP contribution in [0.5, 0.6) is 0 Å². The first kappa shape index (κ1) is 13.9. The molecule has 0 spiro atoms. The van der Waals surface area contributed by atoms with Gasteiger partial charge in [-0.25, -0.2) is 8.78 Å². The van der Waals surface area contributed by atoms with Crippen molar-refractivity contribution in [3.8, 4) is 0 Å². The van der Waals surface area contributed by atoms with E-state index in [-0.39, 0.29) is 6.04 Å². The molecule has 108 valence electrons. The largest absolute Gasteiger partial charge is 0.337 e. The van der Waals surface area contributed by atoms with Gasteiger partial charge in [-0.1, -0.05) is 15.9 Å². The van der Waals surface area contributed by atoms with Crippen molar-refractivity contribution in [2.75, 3.05) is 13.1 Å². The first-order valence-corrected chi connectivity index (χ1v) is 7.54. The zero-order valence-electron chi connectivity index (χ0n) is 10.8. The smallest absolute Gasteiger partial charge is 0.259 e. The zero-order valence-corrected chi connectivity index (χ0v) is 12.4. The van der Waals surface area contributed by atoms with Crippen molar-refractivity contribution in [3.05, 3.63) is 33.8 Å². The third-order valence-corrected chi connectivity index (χ3v) is 4.49. The van der Waals surface area contributed by atoms with Crippen molar-refractivity contribution < 1.29 is 13.6 Å². The molecule has 2 aliphatic heterocycles. The van der Waals surface area contributed by atoms with Crippen LogP contribution in [0.25, 0.3) is 0 Å². The number of hydrogen-bond acceptors (Lipinski definition) is 2. The van der Waals surface area contributed by atoms with E-state index in [1.807, 2.05) is 0 Å². The van der Waals surface area contributed by atoms with Crippen LogP contribution in [0.15, 0.2) is 16.6 Å². The molecule has 2 aliphatic rings. The molecule has 6 heteroatoms. The van der Waals surface area contributed by atoms with E-state index < -0.39 is 23.1 Å². The normalized spacial score (nSPS) is 25.6. The SMILES string of the molecule is O=C(c1c(F)cc(Br)cc1F)N1CCC2CCC(C1)N2. The van der Waals surface area contributed by atoms with Gasteiger partial charge in [0.15, 0.2) is 0 Å². The van der Waals surface area contributed by atoms with Gasteiger partial charge in [-0.2, -0.15) is 0 Å². The van der Waals surface area contributed by atoms with Crippen molar-refractivity contribution in [2.24, 2.45) is 0 Å². The molecule has 0 aliphatic carbocycles. The van der Waals surface area contributed by atoms with E-state index in [1.54, 1.807) is 4.90 Å². The van der Waals surface area contributed by atoms with Crippen molar-refractivity contribution >= 4 is 21.8 Å². The van der Waals surface area contributed by atoms with Crippen LogP contribution in [0.1, 0.15) is 29.6 Å². The monoisotopic (exact) mass is 344 g/mol. The summed E-state index contributed by atoms with van der Waals surface area (Å²) in [5.74, 6) is -2.18. The maximum Gasteiger partial charge on any atom is 0.259 e. The van der Waals surface area contributed by atoms with Gasteiger partial charge in [-0.15, -0.1) is 0 Å². The molecular weight excluding hydrogens is 330 g/mol. The van der Waals surface area contributed by atoms with Gasteiger partial charge < -0.3 is 10.2 Å². The third-order valence-electron chi connectivity index (χ3n) is 4.03. The Morgan fingerprint density at radius 1 is 1.20 bits per heavy atom. The first-order chi connectivity index (χ1) is 9.54. The molecule has 1 aromatic rings. The molecular formula is C14H15BrF2N2O. The molecule has 2 bridgehead atoms. The second-order valence-electron chi connectivity index (χ2n) is 5.42. The Kier molecular flexibility index (Phi) is 3.77. The fraction of sp³-hybridized carbons (Fsp3) is 0.500. The maximum atomic E-state index is 13.9. The number of halogens is 3. The Hall–Kier alpha value is -1.01. The highest BCUT2D eigenvalue weighted by Gasteiger charge is 2.33. The van der Waals surface area contributed by atoms with Gasteiger partial charge in [-0.3, -0.25) is 4.79 Å². The number of benzene rings is 1. The topological polar surface area (TPSA) is 32.3 Å². The molecule has 0 radical (unpaired) electrons. The number of nitrogens with one attached hydrogen (secondary N) is 1. The van der Waals surface area contributed by atoms with Crippen molar-refractivity contribution in [1.82, 2.24) is 10.2 Å². The standard InChI is InChI=1S/C14H15BrF2N2O/c15-8-5-11(16)13(12(17)6-8)14(20)19-4-3-9-1-2-10(7-19)18-9/h5-6,9-10,18H,1-4,7H2. The van der Waals surface area contributed by atoms with Crippen LogP contribution < -0.4 is 5.32 Å². The van der Waals surface area contributed by atoms with Crippen LogP contribution in [0.3, 0.4) is 0 Å². The Morgan fingerprint density at radius 3 is 2.55 bits per heavy atom. The van der Waals surface area contributed by atoms with Gasteiger partial charge in [0.1, 0.15) is 17.2 Å². The molecule has 3 rings (SSSR count). The maximum absolute atomic E-state index is 13.9. The summed E-state index contributed by atoms with van der Waals surface area (Å²) in [7, 11) is 0. The Labute approximate surface area is 124 Å². The minimum absolute atomic E-state index is 0.244. The number of likely N-dealkylation sites (tertiary alicyclic amines) is 1. The third kappa shape index (κ3) is 2.59. The lowest BCUT2D eigenvalue weighted by Gasteiger charge is -2.24. The summed E-state index contributed by atoms with van der Waals surface area (Å²) >= 11 is 3.02. The molecule has 2 saturated heterocycles. The molecule has 1 aromatic carbocycles. The van der Waals surface area contributed by atoms with E-state index in [2.05, 4.69) is 21.2 Å². The van der Waals surface area contributed by atoms with E-state index in [0.29, 0.717) is 23.6 Å². The molecule has 2 heterocycles. The Bertz CT molecular complexity index is 529. The fourth-order valence-corrected chi connectivity index (χ4v) is 3.43. The molecule has 2 unspecified atom stereocenters. The summed E-state index contributed by atoms with van der Waals surface area (Å²) in [4.78, 5) is 13.9. The summed E-state index contributed by atoms with van der Waals surface area (Å²) in [6.07, 6.45) is 2.97. The summed E-state index contributed by atoms with van der Waals surface area (Å²) in [5.41, 5.74) is -0.453. The van der Waals surface area contributed by atoms with E-state index >= 15 is 0 Å². The van der Waals surface area contributed by atoms with Gasteiger partial charge in [0.05, 0.1) is 0 Å². The average Bonchev–Trinajstić information content (AvgIpc) is 2.67. The molecule has 1 amide bonds. The van der Waals surface area contributed by atoms with Crippen molar-refractivity contribution in [3.63, 3.8) is 0 Å². The highest BCUT2D eigenvalue weighted by molar-refractivity contribution is 9.10. The molecule has 2 atom stereocenters. The van der Waals surface area contributed by atoms with E-state index in [4.69, 9.17) is 0 Å². The Balaban J connectivity index is 1.85. The quantitative estimate of drug-likeness (QED) is 0.849. The van der Waals surface area contributed by atoms with Gasteiger partial charge in [0.25, 0.3) is 5.91 Å². The van der Waals surface area contributed by atoms with Gasteiger partial charge in [0, 0.05) is 29.6 Å². The molecule has 20 heavy (non-hydrogen) atoms. The molecule has 0 saturated carbocycles. The molecule has 2 fully saturated rings. The van der Waals surface area contributed by atoms with Gasteiger partial charge in [-0.05, 0) is 31.4 Å². The van der Waals surface area contributed by atoms with Crippen LogP contribution in [0.2, 0.25) is 0 Å². The number of carbonyl (C=O) groups is 1. The van der Waals surface area contributed by atoms with Crippen LogP contribution >= 0.6 is 15.9 Å². The number of nitrogens with zero attached hydrogens (tertiary/aromatic N) is 1. The molecule has 1 N–H and O–H groups in total. The van der Waals surface area contributed by atoms with Gasteiger partial charge in [0.2, 0.25) is 0 Å². The highest BCUT2D eigenvalue weighted by atomic mass is 79.9. The highest BCUT2D eigenvalue weighted by Crippen LogP contribution is 2.24. The summed E-state index contributed by atoms with van der Waals surface area (Å²) in [6.45, 7) is 1.06. The van der Waals surface area contributed by atoms with Crippen LogP contribution in [-0.4, -0.2) is 36.0 Å². The lowest BCUT2D eigenvalue weighted by atomic mass is 10.1. The molecule has 3 nitrogen and oxygen atoms in total. The van der Waals surface area contributed by atoms with Gasteiger partial charge >= 0.3 is 0 Å². The van der Waals surface area contributed by atoms with Crippen LogP contribution in [0, 0.1) is 11.6 Å². The van der Waals surface area contributed by atoms with Crippen molar-refractivity contribution in [2.45, 2.75) is 31.3 Å². The Morgan fingerprint density at radius 2 is 1.85 bits per heavy atom. The van der Waals surface area contributed by atoms with E-state index in [0.717, 1.165) is 31.4 Å². The average molecular weight is 345 g/mol. The lowest BCUT2D eigenvalue weighted by Crippen LogP contribution is -2.39. The summed E-state index contributed by atoms with van der Waals surface area (Å²) < 4.78 is 28.0. The first-order valence-electron chi connectivity index (χ1n) is 6.74. The van der Waals surface area contributed by atoms with E-state index in [9.17, 15) is 13.6 Å². The number of amides is 1. The predicted molar refractivity (Wildman–Crippen MR) is 74.5 cm³/mol. The summed E-state index contributed by atoms with van der Waals surface area (Å²) in [6, 6.07) is 2.92.